The molecule has 1 N–H and O–H groups in total. The van der Waals surface area contributed by atoms with Gasteiger partial charge in [-0.1, -0.05) is 18.2 Å². The number of anilines is 1. The lowest BCUT2D eigenvalue weighted by atomic mass is 10.2. The lowest BCUT2D eigenvalue weighted by Crippen LogP contribution is -2.20. The van der Waals surface area contributed by atoms with E-state index in [1.54, 1.807) is 30.5 Å². The van der Waals surface area contributed by atoms with Crippen molar-refractivity contribution in [3.05, 3.63) is 66.4 Å². The molecule has 5 nitrogen and oxygen atoms in total. The molecule has 0 aliphatic heterocycles. The molecular formula is C20H21N3O2. The summed E-state index contributed by atoms with van der Waals surface area (Å²) in [4.78, 5) is 14.1. The van der Waals surface area contributed by atoms with Crippen LogP contribution in [0.5, 0.6) is 11.5 Å². The molecule has 1 amide bonds. The van der Waals surface area contributed by atoms with E-state index in [0.29, 0.717) is 11.4 Å². The molecule has 128 valence electrons. The second kappa shape index (κ2) is 9.14. The number of rotatable bonds is 7. The van der Waals surface area contributed by atoms with E-state index < -0.39 is 5.91 Å². The van der Waals surface area contributed by atoms with E-state index in [1.807, 2.05) is 55.1 Å². The minimum absolute atomic E-state index is 0.0771. The van der Waals surface area contributed by atoms with Crippen LogP contribution in [0.4, 0.5) is 5.69 Å². The summed E-state index contributed by atoms with van der Waals surface area (Å²) < 4.78 is 5.71. The van der Waals surface area contributed by atoms with E-state index >= 15 is 0 Å². The third-order valence-electron chi connectivity index (χ3n) is 3.58. The predicted octanol–water partition coefficient (Wildman–Crippen LogP) is 4.17. The Kier molecular flexibility index (Phi) is 6.61. The van der Waals surface area contributed by atoms with Crippen LogP contribution in [0.2, 0.25) is 0 Å². The van der Waals surface area contributed by atoms with Crippen LogP contribution >= 0.6 is 0 Å². The van der Waals surface area contributed by atoms with Crippen LogP contribution in [-0.2, 0) is 4.79 Å². The average Bonchev–Trinajstić information content (AvgIpc) is 2.65. The summed E-state index contributed by atoms with van der Waals surface area (Å²) >= 11 is 0. The lowest BCUT2D eigenvalue weighted by Gasteiger charge is -2.15. The highest BCUT2D eigenvalue weighted by molar-refractivity contribution is 6.06. The van der Waals surface area contributed by atoms with Crippen molar-refractivity contribution >= 4 is 11.6 Å². The van der Waals surface area contributed by atoms with Gasteiger partial charge in [-0.25, -0.2) is 0 Å². The summed E-state index contributed by atoms with van der Waals surface area (Å²) in [5.74, 6) is 0.989. The molecule has 0 heterocycles. The molecule has 0 spiro atoms. The van der Waals surface area contributed by atoms with Gasteiger partial charge in [0.25, 0.3) is 5.91 Å². The topological polar surface area (TPSA) is 65.4 Å². The number of amides is 1. The first kappa shape index (κ1) is 18.1. The number of ether oxygens (including phenoxy) is 1. The number of carbonyl (C=O) groups excluding carboxylic acids is 1. The minimum Gasteiger partial charge on any atom is -0.457 e. The summed E-state index contributed by atoms with van der Waals surface area (Å²) in [6.07, 6.45) is 1.59. The van der Waals surface area contributed by atoms with Crippen LogP contribution in [0.15, 0.2) is 66.4 Å². The number of nitrogens with one attached hydrogen (secondary N) is 1. The Hall–Kier alpha value is -3.26. The van der Waals surface area contributed by atoms with Gasteiger partial charge in [0.15, 0.2) is 0 Å². The fourth-order valence-corrected chi connectivity index (χ4v) is 2.16. The third-order valence-corrected chi connectivity index (χ3v) is 3.58. The molecule has 0 saturated carbocycles. The molecule has 2 aromatic carbocycles. The molecule has 2 rings (SSSR count). The monoisotopic (exact) mass is 335 g/mol. The first-order valence-electron chi connectivity index (χ1n) is 8.16. The van der Waals surface area contributed by atoms with Gasteiger partial charge >= 0.3 is 0 Å². The molecule has 0 saturated heterocycles. The van der Waals surface area contributed by atoms with E-state index in [1.165, 1.54) is 0 Å². The molecule has 2 aromatic rings. The lowest BCUT2D eigenvalue weighted by molar-refractivity contribution is -0.112. The fourth-order valence-electron chi connectivity index (χ4n) is 2.16. The third kappa shape index (κ3) is 5.40. The van der Waals surface area contributed by atoms with Gasteiger partial charge < -0.3 is 15.0 Å². The summed E-state index contributed by atoms with van der Waals surface area (Å²) in [5, 5.41) is 11.9. The predicted molar refractivity (Wildman–Crippen MR) is 98.2 cm³/mol. The quantitative estimate of drug-likeness (QED) is 0.609. The number of benzene rings is 2. The van der Waals surface area contributed by atoms with Gasteiger partial charge in [-0.2, -0.15) is 5.26 Å². The van der Waals surface area contributed by atoms with E-state index in [9.17, 15) is 10.1 Å². The van der Waals surface area contributed by atoms with E-state index in [0.717, 1.165) is 18.8 Å². The molecule has 0 fully saturated rings. The van der Waals surface area contributed by atoms with Gasteiger partial charge in [-0.05, 0) is 50.2 Å². The number of hydrogen-bond donors (Lipinski definition) is 1. The minimum atomic E-state index is -0.425. The number of para-hydroxylation sites is 1. The van der Waals surface area contributed by atoms with Gasteiger partial charge in [-0.3, -0.25) is 4.79 Å². The highest BCUT2D eigenvalue weighted by Crippen LogP contribution is 2.22. The van der Waals surface area contributed by atoms with Crippen LogP contribution in [0, 0.1) is 11.3 Å². The Morgan fingerprint density at radius 2 is 1.68 bits per heavy atom. The van der Waals surface area contributed by atoms with Crippen molar-refractivity contribution in [1.29, 1.82) is 5.26 Å². The maximum Gasteiger partial charge on any atom is 0.267 e. The van der Waals surface area contributed by atoms with Crippen LogP contribution in [-0.4, -0.2) is 23.9 Å². The average molecular weight is 335 g/mol. The molecule has 0 aliphatic rings. The van der Waals surface area contributed by atoms with Crippen molar-refractivity contribution < 1.29 is 9.53 Å². The standard InChI is InChI=1S/C20H21N3O2/c1-3-23(4-2)15-16(14-21)20(24)22-17-10-12-19(13-11-17)25-18-8-6-5-7-9-18/h5-13,15H,3-4H2,1-2H3,(H,22,24)/b16-15-. The SMILES string of the molecule is CCN(/C=C(/C#N)C(=O)Nc1ccc(Oc2ccccc2)cc1)CC. The highest BCUT2D eigenvalue weighted by atomic mass is 16.5. The largest absolute Gasteiger partial charge is 0.457 e. The fraction of sp³-hybridized carbons (Fsp3) is 0.200. The molecule has 25 heavy (non-hydrogen) atoms. The van der Waals surface area contributed by atoms with Gasteiger partial charge in [0.2, 0.25) is 0 Å². The first-order valence-corrected chi connectivity index (χ1v) is 8.16. The molecule has 5 heteroatoms. The smallest absolute Gasteiger partial charge is 0.267 e. The second-order valence-corrected chi connectivity index (χ2v) is 5.27. The Morgan fingerprint density at radius 1 is 1.08 bits per heavy atom. The van der Waals surface area contributed by atoms with Crippen molar-refractivity contribution in [2.45, 2.75) is 13.8 Å². The summed E-state index contributed by atoms with van der Waals surface area (Å²) in [7, 11) is 0. The van der Waals surface area contributed by atoms with Crippen molar-refractivity contribution in [3.8, 4) is 17.6 Å². The molecule has 0 aliphatic carbocycles. The van der Waals surface area contributed by atoms with Gasteiger partial charge in [0, 0.05) is 25.0 Å². The Morgan fingerprint density at radius 3 is 2.24 bits per heavy atom. The summed E-state index contributed by atoms with van der Waals surface area (Å²) in [6, 6.07) is 18.4. The highest BCUT2D eigenvalue weighted by Gasteiger charge is 2.11. The first-order chi connectivity index (χ1) is 12.2. The van der Waals surface area contributed by atoms with Gasteiger partial charge in [-0.15, -0.1) is 0 Å². The van der Waals surface area contributed by atoms with E-state index in [-0.39, 0.29) is 5.57 Å². The number of carbonyl (C=O) groups is 1. The van der Waals surface area contributed by atoms with Gasteiger partial charge in [0.05, 0.1) is 0 Å². The number of nitrogens with zero attached hydrogens (tertiary/aromatic N) is 2. The molecular weight excluding hydrogens is 314 g/mol. The van der Waals surface area contributed by atoms with Crippen molar-refractivity contribution in [2.24, 2.45) is 0 Å². The van der Waals surface area contributed by atoms with E-state index in [2.05, 4.69) is 5.32 Å². The zero-order valence-corrected chi connectivity index (χ0v) is 14.4. The maximum atomic E-state index is 12.2. The normalized spacial score (nSPS) is 10.7. The van der Waals surface area contributed by atoms with Crippen molar-refractivity contribution in [1.82, 2.24) is 4.90 Å². The Bertz CT molecular complexity index is 758. The van der Waals surface area contributed by atoms with Crippen LogP contribution in [0.25, 0.3) is 0 Å². The van der Waals surface area contributed by atoms with Crippen LogP contribution in [0.1, 0.15) is 13.8 Å². The molecule has 0 unspecified atom stereocenters. The number of nitriles is 1. The Balaban J connectivity index is 2.02. The zero-order chi connectivity index (χ0) is 18.1. The van der Waals surface area contributed by atoms with E-state index in [4.69, 9.17) is 4.74 Å². The zero-order valence-electron chi connectivity index (χ0n) is 14.4. The second-order valence-electron chi connectivity index (χ2n) is 5.27. The Labute approximate surface area is 148 Å². The van der Waals surface area contributed by atoms with Gasteiger partial charge in [0.1, 0.15) is 23.1 Å². The van der Waals surface area contributed by atoms with Crippen LogP contribution in [0.3, 0.4) is 0 Å². The maximum absolute atomic E-state index is 12.2. The van der Waals surface area contributed by atoms with Crippen molar-refractivity contribution in [3.63, 3.8) is 0 Å². The molecule has 0 radical (unpaired) electrons. The number of hydrogen-bond acceptors (Lipinski definition) is 4. The molecule has 0 bridgehead atoms. The molecule has 0 aromatic heterocycles. The molecule has 0 atom stereocenters. The summed E-state index contributed by atoms with van der Waals surface area (Å²) in [5.41, 5.74) is 0.680. The summed E-state index contributed by atoms with van der Waals surface area (Å²) in [6.45, 7) is 5.41. The van der Waals surface area contributed by atoms with Crippen LogP contribution < -0.4 is 10.1 Å². The van der Waals surface area contributed by atoms with Crippen molar-refractivity contribution in [2.75, 3.05) is 18.4 Å².